The van der Waals surface area contributed by atoms with E-state index in [0.717, 1.165) is 11.3 Å². The second-order valence-corrected chi connectivity index (χ2v) is 6.53. The molecule has 146 valence electrons. The summed E-state index contributed by atoms with van der Waals surface area (Å²) >= 11 is 6.14. The van der Waals surface area contributed by atoms with Gasteiger partial charge in [-0.1, -0.05) is 48.0 Å². The SMILES string of the molecule is CCNC(=NCc1coc(-c2ccccc2)n1)NCC(O)c1ccccc1Cl. The monoisotopic (exact) mass is 398 g/mol. The highest BCUT2D eigenvalue weighted by atomic mass is 35.5. The number of aliphatic hydroxyl groups is 1. The van der Waals surface area contributed by atoms with E-state index in [2.05, 4.69) is 20.6 Å². The third-order valence-corrected chi connectivity index (χ3v) is 4.39. The fraction of sp³-hybridized carbons (Fsp3) is 0.238. The van der Waals surface area contributed by atoms with E-state index < -0.39 is 6.10 Å². The highest BCUT2D eigenvalue weighted by Crippen LogP contribution is 2.22. The molecule has 0 fully saturated rings. The maximum absolute atomic E-state index is 10.4. The lowest BCUT2D eigenvalue weighted by Crippen LogP contribution is -2.39. The lowest BCUT2D eigenvalue weighted by molar-refractivity contribution is 0.181. The fourth-order valence-corrected chi connectivity index (χ4v) is 2.91. The number of hydrogen-bond donors (Lipinski definition) is 3. The van der Waals surface area contributed by atoms with E-state index >= 15 is 0 Å². The van der Waals surface area contributed by atoms with Crippen LogP contribution in [-0.2, 0) is 6.54 Å². The van der Waals surface area contributed by atoms with Crippen LogP contribution in [0.25, 0.3) is 11.5 Å². The fourth-order valence-electron chi connectivity index (χ4n) is 2.64. The molecule has 3 rings (SSSR count). The van der Waals surface area contributed by atoms with Gasteiger partial charge in [-0.25, -0.2) is 9.98 Å². The first kappa shape index (κ1) is 19.9. The molecule has 0 aliphatic carbocycles. The van der Waals surface area contributed by atoms with Crippen LogP contribution in [0, 0.1) is 0 Å². The van der Waals surface area contributed by atoms with Crippen molar-refractivity contribution in [2.24, 2.45) is 4.99 Å². The lowest BCUT2D eigenvalue weighted by Gasteiger charge is -2.16. The van der Waals surface area contributed by atoms with Gasteiger partial charge in [-0.3, -0.25) is 0 Å². The first-order chi connectivity index (χ1) is 13.7. The maximum Gasteiger partial charge on any atom is 0.226 e. The predicted octanol–water partition coefficient (Wildman–Crippen LogP) is 3.78. The Hall–Kier alpha value is -2.83. The molecular weight excluding hydrogens is 376 g/mol. The van der Waals surface area contributed by atoms with Gasteiger partial charge in [-0.15, -0.1) is 0 Å². The normalized spacial score (nSPS) is 12.6. The summed E-state index contributed by atoms with van der Waals surface area (Å²) in [5.41, 5.74) is 2.32. The number of guanidine groups is 1. The summed E-state index contributed by atoms with van der Waals surface area (Å²) in [4.78, 5) is 8.98. The molecular formula is C21H23ClN4O2. The van der Waals surface area contributed by atoms with Crippen LogP contribution in [0.5, 0.6) is 0 Å². The van der Waals surface area contributed by atoms with Crippen molar-refractivity contribution in [1.82, 2.24) is 15.6 Å². The zero-order chi connectivity index (χ0) is 19.8. The summed E-state index contributed by atoms with van der Waals surface area (Å²) in [6.45, 7) is 3.31. The first-order valence-corrected chi connectivity index (χ1v) is 9.49. The van der Waals surface area contributed by atoms with Gasteiger partial charge in [0.2, 0.25) is 5.89 Å². The minimum atomic E-state index is -0.741. The van der Waals surface area contributed by atoms with Gasteiger partial charge in [0.15, 0.2) is 5.96 Å². The summed E-state index contributed by atoms with van der Waals surface area (Å²) < 4.78 is 5.54. The van der Waals surface area contributed by atoms with Crippen molar-refractivity contribution in [2.75, 3.05) is 13.1 Å². The number of rotatable bonds is 7. The number of aliphatic imine (C=N–C) groups is 1. The Balaban J connectivity index is 1.61. The smallest absolute Gasteiger partial charge is 0.226 e. The van der Waals surface area contributed by atoms with Crippen LogP contribution in [0.15, 0.2) is 70.3 Å². The Morgan fingerprint density at radius 2 is 1.89 bits per heavy atom. The first-order valence-electron chi connectivity index (χ1n) is 9.12. The Morgan fingerprint density at radius 3 is 2.64 bits per heavy atom. The Labute approximate surface area is 169 Å². The molecule has 1 unspecified atom stereocenters. The Bertz CT molecular complexity index is 912. The summed E-state index contributed by atoms with van der Waals surface area (Å²) in [6.07, 6.45) is 0.864. The summed E-state index contributed by atoms with van der Waals surface area (Å²) in [5, 5.41) is 17.2. The summed E-state index contributed by atoms with van der Waals surface area (Å²) in [6, 6.07) is 17.0. The van der Waals surface area contributed by atoms with E-state index in [1.54, 1.807) is 18.4 Å². The van der Waals surface area contributed by atoms with E-state index in [0.29, 0.717) is 35.5 Å². The van der Waals surface area contributed by atoms with Crippen LogP contribution in [0.2, 0.25) is 5.02 Å². The number of hydrogen-bond acceptors (Lipinski definition) is 4. The molecule has 6 nitrogen and oxygen atoms in total. The molecule has 0 aliphatic heterocycles. The molecule has 0 amide bonds. The third-order valence-electron chi connectivity index (χ3n) is 4.04. The summed E-state index contributed by atoms with van der Waals surface area (Å²) in [7, 11) is 0. The average molecular weight is 399 g/mol. The quantitative estimate of drug-likeness (QED) is 0.416. The van der Waals surface area contributed by atoms with E-state index in [4.69, 9.17) is 16.0 Å². The van der Waals surface area contributed by atoms with Gasteiger partial charge in [-0.2, -0.15) is 0 Å². The van der Waals surface area contributed by atoms with Crippen LogP contribution in [0.3, 0.4) is 0 Å². The van der Waals surface area contributed by atoms with E-state index in [1.807, 2.05) is 49.4 Å². The Morgan fingerprint density at radius 1 is 1.14 bits per heavy atom. The molecule has 1 heterocycles. The molecule has 0 radical (unpaired) electrons. The van der Waals surface area contributed by atoms with Crippen LogP contribution in [0.1, 0.15) is 24.3 Å². The molecule has 0 saturated heterocycles. The number of aliphatic hydroxyl groups excluding tert-OH is 1. The molecule has 0 saturated carbocycles. The zero-order valence-electron chi connectivity index (χ0n) is 15.6. The van der Waals surface area contributed by atoms with Crippen molar-refractivity contribution >= 4 is 17.6 Å². The molecule has 7 heteroatoms. The van der Waals surface area contributed by atoms with Crippen LogP contribution in [-0.4, -0.2) is 29.1 Å². The van der Waals surface area contributed by atoms with Crippen molar-refractivity contribution < 1.29 is 9.52 Å². The number of nitrogens with one attached hydrogen (secondary N) is 2. The van der Waals surface area contributed by atoms with Crippen molar-refractivity contribution in [1.29, 1.82) is 0 Å². The van der Waals surface area contributed by atoms with Crippen LogP contribution < -0.4 is 10.6 Å². The summed E-state index contributed by atoms with van der Waals surface area (Å²) in [5.74, 6) is 1.15. The van der Waals surface area contributed by atoms with Gasteiger partial charge in [0.1, 0.15) is 12.0 Å². The molecule has 2 aromatic carbocycles. The topological polar surface area (TPSA) is 82.7 Å². The van der Waals surface area contributed by atoms with Gasteiger partial charge in [0.25, 0.3) is 0 Å². The van der Waals surface area contributed by atoms with E-state index in [9.17, 15) is 5.11 Å². The highest BCUT2D eigenvalue weighted by Gasteiger charge is 2.12. The molecule has 28 heavy (non-hydrogen) atoms. The number of aromatic nitrogens is 1. The number of nitrogens with zero attached hydrogens (tertiary/aromatic N) is 2. The van der Waals surface area contributed by atoms with Crippen LogP contribution >= 0.6 is 11.6 Å². The molecule has 0 spiro atoms. The van der Waals surface area contributed by atoms with Gasteiger partial charge in [-0.05, 0) is 25.1 Å². The Kier molecular flexibility index (Phi) is 7.06. The van der Waals surface area contributed by atoms with Crippen molar-refractivity contribution in [2.45, 2.75) is 19.6 Å². The minimum absolute atomic E-state index is 0.281. The third kappa shape index (κ3) is 5.34. The van der Waals surface area contributed by atoms with Crippen molar-refractivity contribution in [3.05, 3.63) is 77.1 Å². The number of halogens is 1. The molecule has 1 atom stereocenters. The van der Waals surface area contributed by atoms with Crippen LogP contribution in [0.4, 0.5) is 0 Å². The van der Waals surface area contributed by atoms with Gasteiger partial charge in [0, 0.05) is 29.2 Å². The van der Waals surface area contributed by atoms with E-state index in [-0.39, 0.29) is 6.54 Å². The predicted molar refractivity (Wildman–Crippen MR) is 111 cm³/mol. The second kappa shape index (κ2) is 9.92. The van der Waals surface area contributed by atoms with E-state index in [1.165, 1.54) is 0 Å². The molecule has 1 aromatic heterocycles. The largest absolute Gasteiger partial charge is 0.444 e. The van der Waals surface area contributed by atoms with Crippen molar-refractivity contribution in [3.63, 3.8) is 0 Å². The lowest BCUT2D eigenvalue weighted by atomic mass is 10.1. The molecule has 3 aromatic rings. The minimum Gasteiger partial charge on any atom is -0.444 e. The standard InChI is InChI=1S/C21H23ClN4O2/c1-2-23-21(25-13-19(27)17-10-6-7-11-18(17)22)24-12-16-14-28-20(26-16)15-8-4-3-5-9-15/h3-11,14,19,27H,2,12-13H2,1H3,(H2,23,24,25). The zero-order valence-corrected chi connectivity index (χ0v) is 16.4. The number of oxazole rings is 1. The molecule has 0 bridgehead atoms. The van der Waals surface area contributed by atoms with Crippen molar-refractivity contribution in [3.8, 4) is 11.5 Å². The van der Waals surface area contributed by atoms with Gasteiger partial charge in [0.05, 0.1) is 12.6 Å². The van der Waals surface area contributed by atoms with Gasteiger partial charge >= 0.3 is 0 Å². The maximum atomic E-state index is 10.4. The molecule has 3 N–H and O–H groups in total. The highest BCUT2D eigenvalue weighted by molar-refractivity contribution is 6.31. The number of benzene rings is 2. The second-order valence-electron chi connectivity index (χ2n) is 6.12. The average Bonchev–Trinajstić information content (AvgIpc) is 3.20. The van der Waals surface area contributed by atoms with Gasteiger partial charge < -0.3 is 20.2 Å². The molecule has 0 aliphatic rings.